The maximum absolute atomic E-state index is 10.7. The Balaban J connectivity index is 4.04. The van der Waals surface area contributed by atoms with Crippen LogP contribution in [0, 0.1) is 0 Å². The third-order valence-corrected chi connectivity index (χ3v) is 1.39. The first-order chi connectivity index (χ1) is 4.95. The third kappa shape index (κ3) is 3.72. The molecule has 0 radical (unpaired) electrons. The molecule has 0 aliphatic heterocycles. The first kappa shape index (κ1) is 10.1. The van der Waals surface area contributed by atoms with Gasteiger partial charge in [0.25, 0.3) is 5.91 Å². The predicted octanol–water partition coefficient (Wildman–Crippen LogP) is -0.155. The Morgan fingerprint density at radius 1 is 1.27 bits per heavy atom. The van der Waals surface area contributed by atoms with Crippen molar-refractivity contribution in [1.29, 1.82) is 0 Å². The van der Waals surface area contributed by atoms with E-state index in [0.29, 0.717) is 0 Å². The minimum absolute atomic E-state index is 0.481. The Morgan fingerprint density at radius 2 is 1.73 bits per heavy atom. The van der Waals surface area contributed by atoms with E-state index in [0.717, 1.165) is 0 Å². The number of amides is 2. The number of hydrogen-bond donors (Lipinski definition) is 1. The number of carbonyl (C=O) groups excluding carboxylic acids is 3. The van der Waals surface area contributed by atoms with E-state index in [-0.39, 0.29) is 0 Å². The van der Waals surface area contributed by atoms with Crippen LogP contribution in [-0.2, 0) is 14.4 Å². The van der Waals surface area contributed by atoms with Crippen LogP contribution >= 0.6 is 11.6 Å². The van der Waals surface area contributed by atoms with Crippen LogP contribution < -0.4 is 5.32 Å². The van der Waals surface area contributed by atoms with E-state index in [1.165, 1.54) is 13.8 Å². The van der Waals surface area contributed by atoms with E-state index in [4.69, 9.17) is 11.6 Å². The van der Waals surface area contributed by atoms with Crippen LogP contribution in [0.3, 0.4) is 0 Å². The van der Waals surface area contributed by atoms with Crippen molar-refractivity contribution in [2.75, 3.05) is 0 Å². The average molecular weight is 178 g/mol. The van der Waals surface area contributed by atoms with Gasteiger partial charge in [-0.1, -0.05) is 0 Å². The Bertz CT molecular complexity index is 202. The van der Waals surface area contributed by atoms with Gasteiger partial charge in [0.1, 0.15) is 0 Å². The van der Waals surface area contributed by atoms with Gasteiger partial charge in [0.2, 0.25) is 5.91 Å². The van der Waals surface area contributed by atoms with Gasteiger partial charge in [-0.05, 0) is 6.92 Å². The summed E-state index contributed by atoms with van der Waals surface area (Å²) in [6.07, 6.45) is 0. The van der Waals surface area contributed by atoms with Crippen molar-refractivity contribution in [3.8, 4) is 0 Å². The number of ketones is 1. The molecule has 0 aliphatic carbocycles. The lowest BCUT2D eigenvalue weighted by molar-refractivity contribution is -0.131. The van der Waals surface area contributed by atoms with Gasteiger partial charge in [-0.15, -0.1) is 11.6 Å². The number of hydrogen-bond acceptors (Lipinski definition) is 3. The molecule has 0 aliphatic rings. The van der Waals surface area contributed by atoms with Crippen LogP contribution in [0.1, 0.15) is 13.8 Å². The van der Waals surface area contributed by atoms with Gasteiger partial charge < -0.3 is 0 Å². The molecule has 0 aromatic carbocycles. The van der Waals surface area contributed by atoms with Gasteiger partial charge >= 0.3 is 0 Å². The minimum Gasteiger partial charge on any atom is -0.298 e. The zero-order valence-corrected chi connectivity index (χ0v) is 6.94. The summed E-state index contributed by atoms with van der Waals surface area (Å²) < 4.78 is 0. The smallest absolute Gasteiger partial charge is 0.252 e. The molecule has 11 heavy (non-hydrogen) atoms. The van der Waals surface area contributed by atoms with E-state index < -0.39 is 23.0 Å². The third-order valence-electron chi connectivity index (χ3n) is 0.886. The second kappa shape index (κ2) is 4.08. The molecule has 0 saturated carbocycles. The summed E-state index contributed by atoms with van der Waals surface area (Å²) in [6.45, 7) is 2.35. The fraction of sp³-hybridized carbons (Fsp3) is 0.500. The highest BCUT2D eigenvalue weighted by atomic mass is 35.5. The number of Topliss-reactive ketones (excluding diaryl/α,β-unsaturated/α-hetero) is 1. The van der Waals surface area contributed by atoms with Crippen LogP contribution in [0.5, 0.6) is 0 Å². The highest BCUT2D eigenvalue weighted by Gasteiger charge is 2.20. The summed E-state index contributed by atoms with van der Waals surface area (Å²) in [6, 6.07) is 0. The minimum atomic E-state index is -1.26. The summed E-state index contributed by atoms with van der Waals surface area (Å²) >= 11 is 5.30. The zero-order chi connectivity index (χ0) is 9.02. The van der Waals surface area contributed by atoms with E-state index in [9.17, 15) is 14.4 Å². The van der Waals surface area contributed by atoms with E-state index in [1.807, 2.05) is 5.32 Å². The van der Waals surface area contributed by atoms with Crippen LogP contribution in [0.2, 0.25) is 0 Å². The molecule has 5 heteroatoms. The van der Waals surface area contributed by atoms with Crippen LogP contribution in [-0.4, -0.2) is 23.0 Å². The molecule has 0 heterocycles. The lowest BCUT2D eigenvalue weighted by atomic mass is 10.3. The molecule has 1 unspecified atom stereocenters. The van der Waals surface area contributed by atoms with Crippen molar-refractivity contribution in [2.24, 2.45) is 0 Å². The zero-order valence-electron chi connectivity index (χ0n) is 6.18. The molecule has 4 nitrogen and oxygen atoms in total. The molecule has 0 aromatic rings. The summed E-state index contributed by atoms with van der Waals surface area (Å²) in [5.74, 6) is -1.78. The summed E-state index contributed by atoms with van der Waals surface area (Å²) in [4.78, 5) is 31.5. The van der Waals surface area contributed by atoms with Crippen molar-refractivity contribution < 1.29 is 14.4 Å². The van der Waals surface area contributed by atoms with Gasteiger partial charge in [-0.2, -0.15) is 0 Å². The van der Waals surface area contributed by atoms with Crippen LogP contribution in [0.15, 0.2) is 0 Å². The van der Waals surface area contributed by atoms with Gasteiger partial charge in [-0.25, -0.2) is 0 Å². The molecule has 1 atom stereocenters. The van der Waals surface area contributed by atoms with Gasteiger partial charge in [0.05, 0.1) is 0 Å². The van der Waals surface area contributed by atoms with Crippen molar-refractivity contribution in [3.05, 3.63) is 0 Å². The van der Waals surface area contributed by atoms with Crippen molar-refractivity contribution in [2.45, 2.75) is 19.2 Å². The maximum Gasteiger partial charge on any atom is 0.252 e. The molecule has 0 saturated heterocycles. The number of halogens is 1. The molecule has 0 aromatic heterocycles. The molecule has 0 rings (SSSR count). The molecule has 0 spiro atoms. The number of alkyl halides is 1. The Hall–Kier alpha value is -0.900. The topological polar surface area (TPSA) is 63.2 Å². The maximum atomic E-state index is 10.7. The summed E-state index contributed by atoms with van der Waals surface area (Å²) in [5, 5.41) is 0.628. The Morgan fingerprint density at radius 3 is 2.00 bits per heavy atom. The molecular weight excluding hydrogens is 170 g/mol. The highest BCUT2D eigenvalue weighted by Crippen LogP contribution is 1.96. The highest BCUT2D eigenvalue weighted by molar-refractivity contribution is 6.42. The normalized spacial score (nSPS) is 11.9. The number of imide groups is 1. The van der Waals surface area contributed by atoms with E-state index >= 15 is 0 Å². The fourth-order valence-corrected chi connectivity index (χ4v) is 0.476. The molecular formula is C6H8ClNO3. The number of nitrogens with one attached hydrogen (secondary N) is 1. The first-order valence-electron chi connectivity index (χ1n) is 2.91. The van der Waals surface area contributed by atoms with Crippen LogP contribution in [0.4, 0.5) is 0 Å². The van der Waals surface area contributed by atoms with E-state index in [2.05, 4.69) is 0 Å². The largest absolute Gasteiger partial charge is 0.298 e. The molecule has 0 bridgehead atoms. The Labute approximate surface area is 68.9 Å². The second-order valence-corrected chi connectivity index (χ2v) is 2.46. The summed E-state index contributed by atoms with van der Waals surface area (Å²) in [7, 11) is 0. The summed E-state index contributed by atoms with van der Waals surface area (Å²) in [5.41, 5.74) is 0. The Kier molecular flexibility index (Phi) is 3.74. The monoisotopic (exact) mass is 177 g/mol. The van der Waals surface area contributed by atoms with Gasteiger partial charge in [-0.3, -0.25) is 19.7 Å². The van der Waals surface area contributed by atoms with Crippen molar-refractivity contribution >= 4 is 29.2 Å². The average Bonchev–Trinajstić information content (AvgIpc) is 1.84. The first-order valence-corrected chi connectivity index (χ1v) is 3.34. The van der Waals surface area contributed by atoms with Crippen molar-refractivity contribution in [1.82, 2.24) is 5.32 Å². The SMILES string of the molecule is CC(=O)NC(=O)C(Cl)C(C)=O. The standard InChI is InChI=1S/C6H8ClNO3/c1-3(9)5(7)6(11)8-4(2)10/h5H,1-2H3,(H,8,10,11). The predicted molar refractivity (Wildman–Crippen MR) is 39.1 cm³/mol. The molecule has 62 valence electrons. The number of carbonyl (C=O) groups is 3. The lowest BCUT2D eigenvalue weighted by Crippen LogP contribution is -2.37. The fourth-order valence-electron chi connectivity index (χ4n) is 0.421. The number of rotatable bonds is 2. The van der Waals surface area contributed by atoms with Gasteiger partial charge in [0.15, 0.2) is 11.2 Å². The van der Waals surface area contributed by atoms with Crippen LogP contribution in [0.25, 0.3) is 0 Å². The van der Waals surface area contributed by atoms with Crippen molar-refractivity contribution in [3.63, 3.8) is 0 Å². The lowest BCUT2D eigenvalue weighted by Gasteiger charge is -2.02. The quantitative estimate of drug-likeness (QED) is 0.471. The second-order valence-electron chi connectivity index (χ2n) is 2.02. The molecule has 0 fully saturated rings. The van der Waals surface area contributed by atoms with E-state index in [1.54, 1.807) is 0 Å². The molecule has 1 N–H and O–H groups in total. The molecule has 2 amide bonds. The van der Waals surface area contributed by atoms with Gasteiger partial charge in [0, 0.05) is 6.92 Å².